The van der Waals surface area contributed by atoms with Gasteiger partial charge in [-0.1, -0.05) is 13.8 Å². The molecule has 0 bridgehead atoms. The lowest BCUT2D eigenvalue weighted by molar-refractivity contribution is -0.154. The SMILES string of the molecule is CC(C)C[C@H](N)C(=O)NCC(=O)N1CCC[C@H]1C(=O)N[C@@H](CCC(N)=O)C(=O)NCC(=O)OC(C)(C)C. The number of nitrogens with one attached hydrogen (secondary N) is 3. The van der Waals surface area contributed by atoms with Crippen molar-refractivity contribution in [3.05, 3.63) is 0 Å². The van der Waals surface area contributed by atoms with E-state index in [1.165, 1.54) is 4.90 Å². The molecule has 0 saturated carbocycles. The van der Waals surface area contributed by atoms with Crippen molar-refractivity contribution in [2.24, 2.45) is 17.4 Å². The van der Waals surface area contributed by atoms with Crippen LogP contribution in [0.3, 0.4) is 0 Å². The van der Waals surface area contributed by atoms with Crippen molar-refractivity contribution in [3.63, 3.8) is 0 Å². The van der Waals surface area contributed by atoms with Gasteiger partial charge in [-0.15, -0.1) is 0 Å². The van der Waals surface area contributed by atoms with E-state index in [1.807, 2.05) is 13.8 Å². The first-order chi connectivity index (χ1) is 17.1. The Balaban J connectivity index is 2.76. The number of esters is 1. The molecular weight excluding hydrogens is 484 g/mol. The Hall–Kier alpha value is -3.22. The average Bonchev–Trinajstić information content (AvgIpc) is 3.26. The number of amides is 5. The Morgan fingerprint density at radius 1 is 1.03 bits per heavy atom. The largest absolute Gasteiger partial charge is 0.459 e. The molecule has 0 radical (unpaired) electrons. The van der Waals surface area contributed by atoms with Crippen molar-refractivity contribution in [1.29, 1.82) is 0 Å². The minimum atomic E-state index is -1.16. The molecule has 0 aromatic heterocycles. The number of rotatable bonds is 13. The molecule has 0 aromatic carbocycles. The molecule has 1 aliphatic heterocycles. The van der Waals surface area contributed by atoms with Crippen LogP contribution in [0.15, 0.2) is 0 Å². The Morgan fingerprint density at radius 3 is 2.22 bits per heavy atom. The van der Waals surface area contributed by atoms with Gasteiger partial charge in [-0.25, -0.2) is 0 Å². The van der Waals surface area contributed by atoms with E-state index in [-0.39, 0.29) is 25.3 Å². The molecule has 1 fully saturated rings. The molecule has 1 rings (SSSR count). The Kier molecular flexibility index (Phi) is 12.5. The van der Waals surface area contributed by atoms with Gasteiger partial charge in [0, 0.05) is 13.0 Å². The third-order valence-corrected chi connectivity index (χ3v) is 5.49. The maximum Gasteiger partial charge on any atom is 0.325 e. The summed E-state index contributed by atoms with van der Waals surface area (Å²) in [5, 5.41) is 7.47. The number of ether oxygens (including phenoxy) is 1. The van der Waals surface area contributed by atoms with Crippen molar-refractivity contribution >= 4 is 35.5 Å². The van der Waals surface area contributed by atoms with Gasteiger partial charge in [-0.2, -0.15) is 0 Å². The topological polar surface area (TPSA) is 203 Å². The van der Waals surface area contributed by atoms with Crippen LogP contribution < -0.4 is 27.4 Å². The van der Waals surface area contributed by atoms with Crippen LogP contribution in [0.5, 0.6) is 0 Å². The second kappa shape index (κ2) is 14.5. The maximum atomic E-state index is 13.0. The molecule has 1 aliphatic rings. The first-order valence-electron chi connectivity index (χ1n) is 12.5. The van der Waals surface area contributed by atoms with Crippen LogP contribution in [-0.2, 0) is 33.5 Å². The quantitative estimate of drug-likeness (QED) is 0.182. The number of likely N-dealkylation sites (tertiary alicyclic amines) is 1. The van der Waals surface area contributed by atoms with Crippen molar-refractivity contribution in [3.8, 4) is 0 Å². The Labute approximate surface area is 217 Å². The van der Waals surface area contributed by atoms with E-state index >= 15 is 0 Å². The summed E-state index contributed by atoms with van der Waals surface area (Å²) in [6.07, 6.45) is 1.12. The molecule has 0 unspecified atom stereocenters. The highest BCUT2D eigenvalue weighted by Crippen LogP contribution is 2.18. The van der Waals surface area contributed by atoms with Crippen LogP contribution in [0.25, 0.3) is 0 Å². The highest BCUT2D eigenvalue weighted by molar-refractivity contribution is 5.94. The van der Waals surface area contributed by atoms with Gasteiger partial charge in [0.25, 0.3) is 0 Å². The number of nitrogens with two attached hydrogens (primary N) is 2. The van der Waals surface area contributed by atoms with Crippen LogP contribution in [-0.4, -0.2) is 83.8 Å². The fraction of sp³-hybridized carbons (Fsp3) is 0.750. The summed E-state index contributed by atoms with van der Waals surface area (Å²) in [4.78, 5) is 75.1. The van der Waals surface area contributed by atoms with E-state index in [0.29, 0.717) is 25.8 Å². The van der Waals surface area contributed by atoms with Gasteiger partial charge in [-0.05, 0) is 52.4 Å². The molecule has 0 aromatic rings. The lowest BCUT2D eigenvalue weighted by Crippen LogP contribution is -2.55. The highest BCUT2D eigenvalue weighted by atomic mass is 16.6. The fourth-order valence-electron chi connectivity index (χ4n) is 3.83. The minimum Gasteiger partial charge on any atom is -0.459 e. The molecule has 3 atom stereocenters. The van der Waals surface area contributed by atoms with Crippen LogP contribution >= 0.6 is 0 Å². The fourth-order valence-corrected chi connectivity index (χ4v) is 3.83. The predicted octanol–water partition coefficient (Wildman–Crippen LogP) is -1.32. The van der Waals surface area contributed by atoms with E-state index in [2.05, 4.69) is 16.0 Å². The normalized spacial score (nSPS) is 17.1. The van der Waals surface area contributed by atoms with E-state index in [0.717, 1.165) is 0 Å². The molecule has 1 saturated heterocycles. The van der Waals surface area contributed by atoms with Crippen molar-refractivity contribution in [1.82, 2.24) is 20.9 Å². The molecule has 13 nitrogen and oxygen atoms in total. The Bertz CT molecular complexity index is 855. The van der Waals surface area contributed by atoms with Crippen molar-refractivity contribution < 1.29 is 33.5 Å². The third kappa shape index (κ3) is 12.0. The van der Waals surface area contributed by atoms with Gasteiger partial charge >= 0.3 is 5.97 Å². The van der Waals surface area contributed by atoms with Crippen LogP contribution in [0.1, 0.15) is 66.7 Å². The lowest BCUT2D eigenvalue weighted by atomic mass is 10.0. The van der Waals surface area contributed by atoms with Gasteiger partial charge < -0.3 is 37.1 Å². The summed E-state index contributed by atoms with van der Waals surface area (Å²) in [6.45, 7) is 8.48. The van der Waals surface area contributed by atoms with Crippen LogP contribution in [0.4, 0.5) is 0 Å². The highest BCUT2D eigenvalue weighted by Gasteiger charge is 2.36. The number of carbonyl (C=O) groups excluding carboxylic acids is 6. The summed E-state index contributed by atoms with van der Waals surface area (Å²) in [5.41, 5.74) is 10.3. The van der Waals surface area contributed by atoms with Crippen LogP contribution in [0.2, 0.25) is 0 Å². The molecule has 0 spiro atoms. The maximum absolute atomic E-state index is 13.0. The molecule has 13 heteroatoms. The van der Waals surface area contributed by atoms with E-state index in [1.54, 1.807) is 20.8 Å². The standard InChI is InChI=1S/C24H42N6O7/c1-14(2)11-15(25)21(34)27-12-19(32)30-10-6-7-17(30)23(36)29-16(8-9-18(26)31)22(35)28-13-20(33)37-24(3,4)5/h14-17H,6-13,25H2,1-5H3,(H2,26,31)(H,27,34)(H,28,35)(H,29,36)/t15-,16-,17-/m0/s1. The van der Waals surface area contributed by atoms with Gasteiger partial charge in [0.1, 0.15) is 24.2 Å². The summed E-state index contributed by atoms with van der Waals surface area (Å²) in [7, 11) is 0. The third-order valence-electron chi connectivity index (χ3n) is 5.49. The zero-order chi connectivity index (χ0) is 28.3. The monoisotopic (exact) mass is 526 g/mol. The first kappa shape index (κ1) is 31.8. The van der Waals surface area contributed by atoms with E-state index in [9.17, 15) is 28.8 Å². The van der Waals surface area contributed by atoms with E-state index in [4.69, 9.17) is 16.2 Å². The molecule has 1 heterocycles. The number of nitrogens with zero attached hydrogens (tertiary/aromatic N) is 1. The summed E-state index contributed by atoms with van der Waals surface area (Å²) in [6, 6.07) is -2.76. The van der Waals surface area contributed by atoms with Gasteiger partial charge in [-0.3, -0.25) is 28.8 Å². The smallest absolute Gasteiger partial charge is 0.325 e. The summed E-state index contributed by atoms with van der Waals surface area (Å²) >= 11 is 0. The van der Waals surface area contributed by atoms with Crippen molar-refractivity contribution in [2.75, 3.05) is 19.6 Å². The number of primary amides is 1. The second-order valence-corrected chi connectivity index (χ2v) is 10.6. The molecular formula is C24H42N6O7. The Morgan fingerprint density at radius 2 is 1.65 bits per heavy atom. The van der Waals surface area contributed by atoms with Gasteiger partial charge in [0.2, 0.25) is 29.5 Å². The zero-order valence-corrected chi connectivity index (χ0v) is 22.4. The summed E-state index contributed by atoms with van der Waals surface area (Å²) in [5.74, 6) is -3.29. The minimum absolute atomic E-state index is 0.0916. The molecule has 5 amide bonds. The zero-order valence-electron chi connectivity index (χ0n) is 22.4. The van der Waals surface area contributed by atoms with Crippen molar-refractivity contribution in [2.45, 2.75) is 90.4 Å². The molecule has 7 N–H and O–H groups in total. The number of hydrogen-bond acceptors (Lipinski definition) is 8. The second-order valence-electron chi connectivity index (χ2n) is 10.6. The van der Waals surface area contributed by atoms with Crippen LogP contribution in [0, 0.1) is 5.92 Å². The predicted molar refractivity (Wildman–Crippen MR) is 134 cm³/mol. The molecule has 210 valence electrons. The molecule has 37 heavy (non-hydrogen) atoms. The number of hydrogen-bond donors (Lipinski definition) is 5. The number of carbonyl (C=O) groups is 6. The van der Waals surface area contributed by atoms with Gasteiger partial charge in [0.05, 0.1) is 12.6 Å². The van der Waals surface area contributed by atoms with Gasteiger partial charge in [0.15, 0.2) is 0 Å². The lowest BCUT2D eigenvalue weighted by Gasteiger charge is -2.27. The average molecular weight is 527 g/mol. The summed E-state index contributed by atoms with van der Waals surface area (Å²) < 4.78 is 5.15. The first-order valence-corrected chi connectivity index (χ1v) is 12.5. The molecule has 0 aliphatic carbocycles. The van der Waals surface area contributed by atoms with E-state index < -0.39 is 65.8 Å².